The predicted octanol–water partition coefficient (Wildman–Crippen LogP) is 1.54. The van der Waals surface area contributed by atoms with E-state index < -0.39 is 0 Å². The number of hydrogen-bond donors (Lipinski definition) is 0. The molecule has 1 nitrogen and oxygen atoms in total. The molecular formula is C7H10O. The number of carbonyl (C=O) groups excluding carboxylic acids is 1. The minimum atomic E-state index is -0.107. The first-order valence-corrected chi connectivity index (χ1v) is 2.81. The van der Waals surface area contributed by atoms with Gasteiger partial charge in [-0.1, -0.05) is 11.6 Å². The molecule has 1 aliphatic carbocycles. The highest BCUT2D eigenvalue weighted by atomic mass is 16.1. The molecule has 0 aromatic carbocycles. The Balaban J connectivity index is 2.67. The summed E-state index contributed by atoms with van der Waals surface area (Å²) in [5.41, 5.74) is 1.23. The van der Waals surface area contributed by atoms with Crippen molar-refractivity contribution in [1.82, 2.24) is 0 Å². The lowest BCUT2D eigenvalue weighted by molar-refractivity contribution is -0.114. The maximum absolute atomic E-state index is 10.2. The molecule has 0 N–H and O–H groups in total. The fourth-order valence-electron chi connectivity index (χ4n) is 1.21. The highest BCUT2D eigenvalue weighted by molar-refractivity contribution is 5.66. The molecule has 0 spiro atoms. The van der Waals surface area contributed by atoms with Crippen LogP contribution in [0.25, 0.3) is 0 Å². The van der Waals surface area contributed by atoms with E-state index in [9.17, 15) is 4.79 Å². The van der Waals surface area contributed by atoms with Gasteiger partial charge in [0, 0.05) is 5.41 Å². The van der Waals surface area contributed by atoms with Crippen molar-refractivity contribution in [2.24, 2.45) is 5.41 Å². The van der Waals surface area contributed by atoms with Gasteiger partial charge in [0.05, 0.1) is 0 Å². The molecule has 0 saturated carbocycles. The Kier molecular flexibility index (Phi) is 0.999. The zero-order chi connectivity index (χ0) is 6.20. The summed E-state index contributed by atoms with van der Waals surface area (Å²) in [6.45, 7) is 4.00. The van der Waals surface area contributed by atoms with Gasteiger partial charge >= 0.3 is 0 Å². The van der Waals surface area contributed by atoms with Crippen molar-refractivity contribution in [1.29, 1.82) is 0 Å². The Labute approximate surface area is 49.4 Å². The number of rotatable bonds is 1. The summed E-state index contributed by atoms with van der Waals surface area (Å²) in [5, 5.41) is 0. The van der Waals surface area contributed by atoms with Crippen molar-refractivity contribution in [3.05, 3.63) is 11.6 Å². The number of hydrogen-bond acceptors (Lipinski definition) is 1. The Bertz CT molecular complexity index is 146. The summed E-state index contributed by atoms with van der Waals surface area (Å²) >= 11 is 0. The van der Waals surface area contributed by atoms with Crippen LogP contribution in [0.1, 0.15) is 20.3 Å². The molecule has 0 bridgehead atoms. The van der Waals surface area contributed by atoms with Crippen LogP contribution < -0.4 is 0 Å². The minimum absolute atomic E-state index is 0.107. The molecule has 0 aromatic rings. The van der Waals surface area contributed by atoms with Crippen molar-refractivity contribution in [3.8, 4) is 0 Å². The second-order valence-corrected chi connectivity index (χ2v) is 2.79. The van der Waals surface area contributed by atoms with Crippen LogP contribution in [0, 0.1) is 5.41 Å². The molecule has 1 atom stereocenters. The van der Waals surface area contributed by atoms with Gasteiger partial charge in [0.2, 0.25) is 0 Å². The van der Waals surface area contributed by atoms with Crippen molar-refractivity contribution >= 4 is 6.29 Å². The maximum Gasteiger partial charge on any atom is 0.129 e. The van der Waals surface area contributed by atoms with E-state index in [0.29, 0.717) is 0 Å². The lowest BCUT2D eigenvalue weighted by Gasteiger charge is -2.28. The third-order valence-electron chi connectivity index (χ3n) is 1.51. The topological polar surface area (TPSA) is 17.1 Å². The molecule has 1 heteroatoms. The fourth-order valence-corrected chi connectivity index (χ4v) is 1.21. The van der Waals surface area contributed by atoms with Crippen molar-refractivity contribution in [2.75, 3.05) is 0 Å². The van der Waals surface area contributed by atoms with Crippen molar-refractivity contribution in [3.63, 3.8) is 0 Å². The second kappa shape index (κ2) is 1.44. The summed E-state index contributed by atoms with van der Waals surface area (Å²) in [5.74, 6) is 0. The zero-order valence-electron chi connectivity index (χ0n) is 5.27. The maximum atomic E-state index is 10.2. The Morgan fingerprint density at radius 2 is 2.38 bits per heavy atom. The van der Waals surface area contributed by atoms with Crippen LogP contribution in [0.3, 0.4) is 0 Å². The summed E-state index contributed by atoms with van der Waals surface area (Å²) in [7, 11) is 0. The number of allylic oxidation sites excluding steroid dienone is 2. The SMILES string of the molecule is CC1=CC(C)(C=O)C1. The van der Waals surface area contributed by atoms with Gasteiger partial charge in [-0.2, -0.15) is 0 Å². The minimum Gasteiger partial charge on any atom is -0.302 e. The van der Waals surface area contributed by atoms with Crippen LogP contribution in [0.15, 0.2) is 11.6 Å². The molecular weight excluding hydrogens is 100 g/mol. The Morgan fingerprint density at radius 1 is 1.88 bits per heavy atom. The number of carbonyl (C=O) groups is 1. The van der Waals surface area contributed by atoms with Gasteiger partial charge in [-0.15, -0.1) is 0 Å². The Morgan fingerprint density at radius 3 is 2.50 bits per heavy atom. The van der Waals surface area contributed by atoms with E-state index in [2.05, 4.69) is 0 Å². The van der Waals surface area contributed by atoms with Crippen LogP contribution in [0.4, 0.5) is 0 Å². The third-order valence-corrected chi connectivity index (χ3v) is 1.51. The largest absolute Gasteiger partial charge is 0.302 e. The standard InChI is InChI=1S/C7H10O/c1-6-3-7(2,4-6)5-8/h3,5H,4H2,1-2H3. The predicted molar refractivity (Wildman–Crippen MR) is 32.5 cm³/mol. The lowest BCUT2D eigenvalue weighted by Crippen LogP contribution is -2.23. The van der Waals surface area contributed by atoms with E-state index in [-0.39, 0.29) is 5.41 Å². The van der Waals surface area contributed by atoms with E-state index in [1.165, 1.54) is 5.57 Å². The highest BCUT2D eigenvalue weighted by Gasteiger charge is 2.28. The van der Waals surface area contributed by atoms with Gasteiger partial charge < -0.3 is 4.79 Å². The second-order valence-electron chi connectivity index (χ2n) is 2.79. The first-order chi connectivity index (χ1) is 3.66. The molecule has 1 aliphatic rings. The Hall–Kier alpha value is -0.590. The molecule has 0 amide bonds. The van der Waals surface area contributed by atoms with Crippen LogP contribution in [0.5, 0.6) is 0 Å². The molecule has 44 valence electrons. The smallest absolute Gasteiger partial charge is 0.129 e. The van der Waals surface area contributed by atoms with E-state index in [1.54, 1.807) is 0 Å². The van der Waals surface area contributed by atoms with E-state index in [1.807, 2.05) is 19.9 Å². The van der Waals surface area contributed by atoms with Gasteiger partial charge in [-0.25, -0.2) is 0 Å². The highest BCUT2D eigenvalue weighted by Crippen LogP contribution is 2.35. The van der Waals surface area contributed by atoms with Gasteiger partial charge in [-0.05, 0) is 20.3 Å². The average molecular weight is 110 g/mol. The third kappa shape index (κ3) is 0.683. The number of aldehydes is 1. The van der Waals surface area contributed by atoms with Gasteiger partial charge in [-0.3, -0.25) is 0 Å². The van der Waals surface area contributed by atoms with Gasteiger partial charge in [0.15, 0.2) is 0 Å². The quantitative estimate of drug-likeness (QED) is 0.369. The summed E-state index contributed by atoms with van der Waals surface area (Å²) < 4.78 is 0. The molecule has 0 aromatic heterocycles. The molecule has 8 heavy (non-hydrogen) atoms. The first-order valence-electron chi connectivity index (χ1n) is 2.81. The first kappa shape index (κ1) is 5.54. The van der Waals surface area contributed by atoms with Crippen LogP contribution in [-0.4, -0.2) is 6.29 Å². The average Bonchev–Trinajstić information content (AvgIpc) is 1.63. The molecule has 0 radical (unpaired) electrons. The molecule has 1 rings (SSSR count). The molecule has 0 heterocycles. The normalized spacial score (nSPS) is 35.5. The van der Waals surface area contributed by atoms with Crippen LogP contribution >= 0.6 is 0 Å². The van der Waals surface area contributed by atoms with Gasteiger partial charge in [0.1, 0.15) is 6.29 Å². The van der Waals surface area contributed by atoms with E-state index in [4.69, 9.17) is 0 Å². The summed E-state index contributed by atoms with van der Waals surface area (Å²) in [6, 6.07) is 0. The molecule has 1 unspecified atom stereocenters. The summed E-state index contributed by atoms with van der Waals surface area (Å²) in [4.78, 5) is 10.2. The van der Waals surface area contributed by atoms with E-state index in [0.717, 1.165) is 12.7 Å². The molecule has 0 saturated heterocycles. The monoisotopic (exact) mass is 110 g/mol. The zero-order valence-corrected chi connectivity index (χ0v) is 5.27. The van der Waals surface area contributed by atoms with Crippen LogP contribution in [0.2, 0.25) is 0 Å². The summed E-state index contributed by atoms with van der Waals surface area (Å²) in [6.07, 6.45) is 3.98. The lowest BCUT2D eigenvalue weighted by atomic mass is 9.75. The molecule has 0 aliphatic heterocycles. The molecule has 0 fully saturated rings. The van der Waals surface area contributed by atoms with Crippen molar-refractivity contribution in [2.45, 2.75) is 20.3 Å². The van der Waals surface area contributed by atoms with Gasteiger partial charge in [0.25, 0.3) is 0 Å². The van der Waals surface area contributed by atoms with Crippen molar-refractivity contribution < 1.29 is 4.79 Å². The van der Waals surface area contributed by atoms with Crippen LogP contribution in [-0.2, 0) is 4.79 Å². The fraction of sp³-hybridized carbons (Fsp3) is 0.571. The van der Waals surface area contributed by atoms with E-state index >= 15 is 0 Å².